The summed E-state index contributed by atoms with van der Waals surface area (Å²) >= 11 is 0. The number of hydrogen-bond donors (Lipinski definition) is 3. The molecule has 4 aromatic rings. The first-order chi connectivity index (χ1) is 23.9. The number of nitrogens with one attached hydrogen (secondary N) is 1. The topological polar surface area (TPSA) is 184 Å². The van der Waals surface area contributed by atoms with Crippen LogP contribution in [0.2, 0.25) is 0 Å². The standard InChI is InChI=1S/C37H33NO12/c1-22(20-33(40)41)35(43)38-27-10-18-29(19-11-27)48-34(42)21-32(47-23(2)39)24-4-14-30(15-5-24)49-37(45)26-8-16-31(17-9-26)50-36(44)25-6-12-28(46-3)13-7-25/h4-19,32,35,38,43H,1,20-21H2,2-3H3,(H,40,41). The van der Waals surface area contributed by atoms with Crippen molar-refractivity contribution < 1.29 is 57.9 Å². The third-order valence-corrected chi connectivity index (χ3v) is 6.90. The third-order valence-electron chi connectivity index (χ3n) is 6.90. The molecular weight excluding hydrogens is 650 g/mol. The van der Waals surface area contributed by atoms with Crippen LogP contribution in [0.3, 0.4) is 0 Å². The van der Waals surface area contributed by atoms with Gasteiger partial charge in [-0.15, -0.1) is 0 Å². The lowest BCUT2D eigenvalue weighted by Gasteiger charge is -2.18. The highest BCUT2D eigenvalue weighted by Crippen LogP contribution is 2.27. The molecule has 0 aliphatic rings. The fourth-order valence-corrected chi connectivity index (χ4v) is 4.39. The van der Waals surface area contributed by atoms with Gasteiger partial charge in [-0.25, -0.2) is 9.59 Å². The second-order valence-electron chi connectivity index (χ2n) is 10.7. The van der Waals surface area contributed by atoms with E-state index in [0.717, 1.165) is 0 Å². The van der Waals surface area contributed by atoms with Gasteiger partial charge in [-0.3, -0.25) is 14.4 Å². The summed E-state index contributed by atoms with van der Waals surface area (Å²) in [5.41, 5.74) is 1.45. The molecule has 0 aliphatic carbocycles. The third kappa shape index (κ3) is 10.8. The van der Waals surface area contributed by atoms with Crippen LogP contribution in [0.25, 0.3) is 0 Å². The van der Waals surface area contributed by atoms with Crippen LogP contribution in [0, 0.1) is 0 Å². The second-order valence-corrected chi connectivity index (χ2v) is 10.7. The number of ether oxygens (including phenoxy) is 5. The van der Waals surface area contributed by atoms with Crippen molar-refractivity contribution >= 4 is 35.5 Å². The maximum Gasteiger partial charge on any atom is 0.343 e. The molecule has 0 amide bonds. The summed E-state index contributed by atoms with van der Waals surface area (Å²) in [4.78, 5) is 60.5. The van der Waals surface area contributed by atoms with Gasteiger partial charge < -0.3 is 39.2 Å². The number of carbonyl (C=O) groups excluding carboxylic acids is 4. The van der Waals surface area contributed by atoms with Crippen molar-refractivity contribution in [3.05, 3.63) is 126 Å². The summed E-state index contributed by atoms with van der Waals surface area (Å²) in [6.07, 6.45) is -3.05. The summed E-state index contributed by atoms with van der Waals surface area (Å²) in [5.74, 6) is -2.53. The van der Waals surface area contributed by atoms with E-state index in [9.17, 15) is 29.1 Å². The molecule has 4 rings (SSSR count). The first-order valence-electron chi connectivity index (χ1n) is 15.0. The predicted molar refractivity (Wildman–Crippen MR) is 178 cm³/mol. The minimum atomic E-state index is -1.30. The van der Waals surface area contributed by atoms with Crippen LogP contribution < -0.4 is 24.3 Å². The normalized spacial score (nSPS) is 11.7. The van der Waals surface area contributed by atoms with Crippen molar-refractivity contribution in [1.29, 1.82) is 0 Å². The Morgan fingerprint density at radius 1 is 0.700 bits per heavy atom. The van der Waals surface area contributed by atoms with E-state index in [-0.39, 0.29) is 34.8 Å². The molecule has 0 fully saturated rings. The van der Waals surface area contributed by atoms with Crippen LogP contribution in [0.4, 0.5) is 5.69 Å². The molecule has 3 N–H and O–H groups in total. The number of benzene rings is 4. The molecule has 2 unspecified atom stereocenters. The van der Waals surface area contributed by atoms with E-state index in [1.54, 1.807) is 24.3 Å². The van der Waals surface area contributed by atoms with E-state index in [1.165, 1.54) is 86.8 Å². The molecule has 2 atom stereocenters. The average molecular weight is 684 g/mol. The number of anilines is 1. The summed E-state index contributed by atoms with van der Waals surface area (Å²) in [7, 11) is 1.52. The fraction of sp³-hybridized carbons (Fsp3) is 0.162. The number of rotatable bonds is 15. The van der Waals surface area contributed by atoms with E-state index in [4.69, 9.17) is 28.8 Å². The molecule has 0 aliphatic heterocycles. The number of aliphatic hydroxyl groups excluding tert-OH is 1. The maximum atomic E-state index is 12.7. The average Bonchev–Trinajstić information content (AvgIpc) is 3.09. The Kier molecular flexibility index (Phi) is 12.4. The molecule has 0 aromatic heterocycles. The molecule has 0 heterocycles. The van der Waals surface area contributed by atoms with Crippen LogP contribution in [0.5, 0.6) is 23.0 Å². The van der Waals surface area contributed by atoms with Crippen molar-refractivity contribution in [2.75, 3.05) is 12.4 Å². The van der Waals surface area contributed by atoms with E-state index < -0.39 is 48.6 Å². The highest BCUT2D eigenvalue weighted by atomic mass is 16.6. The van der Waals surface area contributed by atoms with Crippen LogP contribution >= 0.6 is 0 Å². The van der Waals surface area contributed by atoms with Gasteiger partial charge in [-0.05, 0) is 96.1 Å². The molecule has 0 spiro atoms. The molecule has 258 valence electrons. The zero-order valence-corrected chi connectivity index (χ0v) is 27.0. The van der Waals surface area contributed by atoms with Crippen LogP contribution in [0.15, 0.2) is 109 Å². The highest BCUT2D eigenvalue weighted by Gasteiger charge is 2.22. The van der Waals surface area contributed by atoms with Gasteiger partial charge in [0.2, 0.25) is 0 Å². The van der Waals surface area contributed by atoms with Gasteiger partial charge in [0.25, 0.3) is 0 Å². The Balaban J connectivity index is 1.31. The van der Waals surface area contributed by atoms with Crippen LogP contribution in [-0.4, -0.2) is 53.4 Å². The summed E-state index contributed by atoms with van der Waals surface area (Å²) < 4.78 is 26.6. The van der Waals surface area contributed by atoms with Gasteiger partial charge in [-0.1, -0.05) is 18.7 Å². The number of aliphatic hydroxyl groups is 1. The van der Waals surface area contributed by atoms with E-state index in [1.807, 2.05) is 0 Å². The lowest BCUT2D eigenvalue weighted by Crippen LogP contribution is -2.22. The van der Waals surface area contributed by atoms with Gasteiger partial charge in [-0.2, -0.15) is 0 Å². The molecule has 0 radical (unpaired) electrons. The molecule has 4 aromatic carbocycles. The number of esters is 4. The van der Waals surface area contributed by atoms with E-state index >= 15 is 0 Å². The van der Waals surface area contributed by atoms with Crippen molar-refractivity contribution in [2.24, 2.45) is 0 Å². The Labute approximate surface area is 286 Å². The number of carboxylic acids is 1. The Bertz CT molecular complexity index is 1830. The quantitative estimate of drug-likeness (QED) is 0.0619. The Morgan fingerprint density at radius 3 is 1.64 bits per heavy atom. The maximum absolute atomic E-state index is 12.7. The van der Waals surface area contributed by atoms with E-state index in [2.05, 4.69) is 11.9 Å². The molecule has 0 saturated carbocycles. The smallest absolute Gasteiger partial charge is 0.343 e. The molecule has 50 heavy (non-hydrogen) atoms. The number of aliphatic carboxylic acids is 1. The summed E-state index contributed by atoms with van der Waals surface area (Å²) in [6, 6.07) is 24.2. The fourth-order valence-electron chi connectivity index (χ4n) is 4.39. The van der Waals surface area contributed by atoms with E-state index in [0.29, 0.717) is 22.6 Å². The molecule has 13 nitrogen and oxygen atoms in total. The molecular formula is C37H33NO12. The largest absolute Gasteiger partial charge is 0.497 e. The first-order valence-corrected chi connectivity index (χ1v) is 15.0. The second kappa shape index (κ2) is 17.1. The lowest BCUT2D eigenvalue weighted by molar-refractivity contribution is -0.150. The van der Waals surface area contributed by atoms with Crippen molar-refractivity contribution in [2.45, 2.75) is 32.1 Å². The zero-order valence-electron chi connectivity index (χ0n) is 27.0. The molecule has 0 saturated heterocycles. The number of carbonyl (C=O) groups is 5. The Morgan fingerprint density at radius 2 is 1.16 bits per heavy atom. The minimum Gasteiger partial charge on any atom is -0.497 e. The van der Waals surface area contributed by atoms with Crippen molar-refractivity contribution in [3.8, 4) is 23.0 Å². The van der Waals surface area contributed by atoms with Crippen LogP contribution in [-0.2, 0) is 19.1 Å². The lowest BCUT2D eigenvalue weighted by atomic mass is 10.1. The molecule has 0 bridgehead atoms. The van der Waals surface area contributed by atoms with Gasteiger partial charge in [0.1, 0.15) is 35.3 Å². The first kappa shape index (κ1) is 36.4. The minimum absolute atomic E-state index is 0.0634. The SMILES string of the molecule is C=C(CC(=O)O)C(O)Nc1ccc(OC(=O)CC(OC(C)=O)c2ccc(OC(=O)c3ccc(OC(=O)c4ccc(OC)cc4)cc3)cc2)cc1. The van der Waals surface area contributed by atoms with Crippen LogP contribution in [0.1, 0.15) is 52.1 Å². The molecule has 13 heteroatoms. The monoisotopic (exact) mass is 683 g/mol. The van der Waals surface area contributed by atoms with Gasteiger partial charge in [0.15, 0.2) is 0 Å². The van der Waals surface area contributed by atoms with Crippen molar-refractivity contribution in [1.82, 2.24) is 0 Å². The highest BCUT2D eigenvalue weighted by molar-refractivity contribution is 5.92. The number of methoxy groups -OCH3 is 1. The van der Waals surface area contributed by atoms with Gasteiger partial charge in [0, 0.05) is 12.6 Å². The Hall–Kier alpha value is -6.47. The predicted octanol–water partition coefficient (Wildman–Crippen LogP) is 5.49. The summed E-state index contributed by atoms with van der Waals surface area (Å²) in [5, 5.41) is 21.6. The van der Waals surface area contributed by atoms with Gasteiger partial charge in [0.05, 0.1) is 31.1 Å². The van der Waals surface area contributed by atoms with Crippen molar-refractivity contribution in [3.63, 3.8) is 0 Å². The van der Waals surface area contributed by atoms with Gasteiger partial charge >= 0.3 is 29.8 Å². The number of carboxylic acid groups (broad SMARTS) is 1. The zero-order chi connectivity index (χ0) is 36.2. The number of hydrogen-bond acceptors (Lipinski definition) is 12. The summed E-state index contributed by atoms with van der Waals surface area (Å²) in [6.45, 7) is 4.74.